The molecule has 0 aliphatic heterocycles. The molecule has 0 saturated carbocycles. The second-order valence-corrected chi connectivity index (χ2v) is 18.3. The zero-order valence-electron chi connectivity index (χ0n) is 36.0. The zero-order valence-corrected chi connectivity index (χ0v) is 36.9. The lowest BCUT2D eigenvalue weighted by molar-refractivity contribution is -0.870. The second kappa shape index (κ2) is 38.4. The Morgan fingerprint density at radius 1 is 0.509 bits per heavy atom. The van der Waals surface area contributed by atoms with Crippen LogP contribution < -0.4 is 0 Å². The number of carbonyl (C=O) groups excluding carboxylic acids is 1. The van der Waals surface area contributed by atoms with E-state index in [0.29, 0.717) is 24.1 Å². The highest BCUT2D eigenvalue weighted by Crippen LogP contribution is 2.43. The Morgan fingerprint density at radius 2 is 0.868 bits per heavy atom. The van der Waals surface area contributed by atoms with Crippen LogP contribution in [0.3, 0.4) is 0 Å². The smallest absolute Gasteiger partial charge is 0.457 e. The minimum atomic E-state index is -4.26. The van der Waals surface area contributed by atoms with Gasteiger partial charge in [-0.1, -0.05) is 200 Å². The zero-order chi connectivity index (χ0) is 39.1. The summed E-state index contributed by atoms with van der Waals surface area (Å²) in [6, 6.07) is 0. The average molecular weight is 777 g/mol. The number of phosphoric acid groups is 1. The molecule has 2 atom stereocenters. The molecule has 0 amide bonds. The molecule has 0 fully saturated rings. The van der Waals surface area contributed by atoms with Gasteiger partial charge in [-0.2, -0.15) is 0 Å². The van der Waals surface area contributed by atoms with Crippen LogP contribution in [-0.2, 0) is 27.9 Å². The summed E-state index contributed by atoms with van der Waals surface area (Å²) in [7, 11) is 1.69. The van der Waals surface area contributed by atoms with E-state index in [2.05, 4.69) is 13.8 Å². The summed E-state index contributed by atoms with van der Waals surface area (Å²) >= 11 is 0. The maximum Gasteiger partial charge on any atom is 0.472 e. The Labute approximate surface area is 329 Å². The van der Waals surface area contributed by atoms with Gasteiger partial charge in [-0.15, -0.1) is 0 Å². The summed E-state index contributed by atoms with van der Waals surface area (Å²) in [5, 5.41) is 0. The van der Waals surface area contributed by atoms with Gasteiger partial charge >= 0.3 is 13.8 Å². The Balaban J connectivity index is 4.13. The van der Waals surface area contributed by atoms with Gasteiger partial charge in [0, 0.05) is 13.0 Å². The van der Waals surface area contributed by atoms with Crippen molar-refractivity contribution in [3.05, 3.63) is 0 Å². The Kier molecular flexibility index (Phi) is 38.0. The molecule has 0 saturated heterocycles. The van der Waals surface area contributed by atoms with E-state index in [0.717, 1.165) is 32.1 Å². The predicted octanol–water partition coefficient (Wildman–Crippen LogP) is 13.3. The van der Waals surface area contributed by atoms with Gasteiger partial charge in [0.1, 0.15) is 19.3 Å². The Hall–Kier alpha value is -0.500. The van der Waals surface area contributed by atoms with E-state index in [1.54, 1.807) is 0 Å². The number of ether oxygens (including phenoxy) is 2. The molecule has 0 aromatic rings. The first-order valence-corrected chi connectivity index (χ1v) is 24.3. The first-order chi connectivity index (χ1) is 25.6. The molecule has 0 aliphatic rings. The van der Waals surface area contributed by atoms with Gasteiger partial charge in [0.2, 0.25) is 0 Å². The molecule has 0 aromatic carbocycles. The van der Waals surface area contributed by atoms with Crippen LogP contribution in [0.15, 0.2) is 0 Å². The molecule has 0 spiro atoms. The van der Waals surface area contributed by atoms with Crippen molar-refractivity contribution in [2.75, 3.05) is 54.1 Å². The minimum absolute atomic E-state index is 0.0938. The van der Waals surface area contributed by atoms with Gasteiger partial charge in [0.05, 0.1) is 34.4 Å². The maximum absolute atomic E-state index is 12.7. The fraction of sp³-hybridized carbons (Fsp3) is 0.977. The van der Waals surface area contributed by atoms with Crippen molar-refractivity contribution in [3.63, 3.8) is 0 Å². The lowest BCUT2D eigenvalue weighted by Gasteiger charge is -2.24. The molecule has 53 heavy (non-hydrogen) atoms. The molecule has 0 heterocycles. The lowest BCUT2D eigenvalue weighted by Crippen LogP contribution is -2.37. The maximum atomic E-state index is 12.7. The summed E-state index contributed by atoms with van der Waals surface area (Å²) in [5.74, 6) is -0.307. The molecule has 0 aliphatic carbocycles. The predicted molar refractivity (Wildman–Crippen MR) is 224 cm³/mol. The first-order valence-electron chi connectivity index (χ1n) is 22.8. The summed E-state index contributed by atoms with van der Waals surface area (Å²) in [6.45, 7) is 5.68. The van der Waals surface area contributed by atoms with E-state index in [1.807, 2.05) is 21.1 Å². The summed E-state index contributed by atoms with van der Waals surface area (Å²) in [5.41, 5.74) is 0. The summed E-state index contributed by atoms with van der Waals surface area (Å²) in [6.07, 6.45) is 39.9. The average Bonchev–Trinajstić information content (AvgIpc) is 3.11. The van der Waals surface area contributed by atoms with Crippen molar-refractivity contribution in [1.82, 2.24) is 0 Å². The van der Waals surface area contributed by atoms with Crippen LogP contribution in [-0.4, -0.2) is 75.6 Å². The van der Waals surface area contributed by atoms with E-state index in [1.165, 1.54) is 167 Å². The van der Waals surface area contributed by atoms with Crippen LogP contribution in [0.5, 0.6) is 0 Å². The second-order valence-electron chi connectivity index (χ2n) is 16.8. The quantitative estimate of drug-likeness (QED) is 0.0285. The number of esters is 1. The minimum Gasteiger partial charge on any atom is -0.457 e. The fourth-order valence-electron chi connectivity index (χ4n) is 6.61. The van der Waals surface area contributed by atoms with Crippen LogP contribution in [0.25, 0.3) is 0 Å². The third-order valence-corrected chi connectivity index (χ3v) is 11.2. The van der Waals surface area contributed by atoms with E-state index in [-0.39, 0.29) is 25.8 Å². The number of hydrogen-bond acceptors (Lipinski definition) is 6. The van der Waals surface area contributed by atoms with Crippen LogP contribution in [0.2, 0.25) is 0 Å². The molecule has 0 radical (unpaired) electrons. The molecule has 2 unspecified atom stereocenters. The summed E-state index contributed by atoms with van der Waals surface area (Å²) < 4.78 is 35.0. The fourth-order valence-corrected chi connectivity index (χ4v) is 7.35. The van der Waals surface area contributed by atoms with Crippen molar-refractivity contribution >= 4 is 13.8 Å². The molecular weight excluding hydrogens is 685 g/mol. The van der Waals surface area contributed by atoms with Crippen molar-refractivity contribution in [3.8, 4) is 0 Å². The first kappa shape index (κ1) is 52.5. The van der Waals surface area contributed by atoms with Crippen LogP contribution in [0.4, 0.5) is 0 Å². The highest BCUT2D eigenvalue weighted by molar-refractivity contribution is 7.47. The third kappa shape index (κ3) is 42.5. The number of unbranched alkanes of at least 4 members (excludes halogenated alkanes) is 29. The Bertz CT molecular complexity index is 822. The number of likely N-dealkylation sites (N-methyl/N-ethyl adjacent to an activating group) is 1. The highest BCUT2D eigenvalue weighted by Gasteiger charge is 2.26. The molecule has 0 aromatic heterocycles. The largest absolute Gasteiger partial charge is 0.472 e. The van der Waals surface area contributed by atoms with Crippen LogP contribution >= 0.6 is 7.82 Å². The number of hydrogen-bond donors (Lipinski definition) is 1. The normalized spacial score (nSPS) is 13.7. The van der Waals surface area contributed by atoms with Gasteiger partial charge in [0.25, 0.3) is 0 Å². The van der Waals surface area contributed by atoms with Crippen LogP contribution in [0.1, 0.15) is 219 Å². The molecule has 8 nitrogen and oxygen atoms in total. The number of phosphoric ester groups is 1. The van der Waals surface area contributed by atoms with E-state index < -0.39 is 13.9 Å². The van der Waals surface area contributed by atoms with Gasteiger partial charge in [-0.05, 0) is 12.8 Å². The van der Waals surface area contributed by atoms with Crippen molar-refractivity contribution in [2.24, 2.45) is 0 Å². The van der Waals surface area contributed by atoms with Crippen molar-refractivity contribution < 1.29 is 37.3 Å². The highest BCUT2D eigenvalue weighted by atomic mass is 31.2. The SMILES string of the molecule is CCCCCCCCCCCCCCCCCCCCCC(=O)OC(COCCCCCCCCCCCCCC)COP(=O)(O)OCC[N+](C)(C)C. The molecule has 0 rings (SSSR count). The molecule has 0 bridgehead atoms. The number of quaternary nitrogens is 1. The van der Waals surface area contributed by atoms with E-state index in [9.17, 15) is 14.3 Å². The number of carbonyl (C=O) groups is 1. The van der Waals surface area contributed by atoms with Gasteiger partial charge in [-0.3, -0.25) is 13.8 Å². The monoisotopic (exact) mass is 777 g/mol. The molecular formula is C44H91NO7P+. The summed E-state index contributed by atoms with van der Waals surface area (Å²) in [4.78, 5) is 22.9. The van der Waals surface area contributed by atoms with Gasteiger partial charge in [0.15, 0.2) is 0 Å². The van der Waals surface area contributed by atoms with Gasteiger partial charge < -0.3 is 18.9 Å². The standard InChI is InChI=1S/C44H90NO7P/c1-6-8-10-12-14-16-18-20-21-22-23-24-25-26-27-29-31-33-35-37-44(46)52-43(42-51-53(47,48)50-40-38-45(3,4)5)41-49-39-36-34-32-30-28-19-17-15-13-11-9-7-2/h43H,6-42H2,1-5H3/p+1. The number of rotatable bonds is 43. The Morgan fingerprint density at radius 3 is 1.25 bits per heavy atom. The van der Waals surface area contributed by atoms with E-state index in [4.69, 9.17) is 18.5 Å². The molecule has 1 N–H and O–H groups in total. The molecule has 9 heteroatoms. The topological polar surface area (TPSA) is 91.3 Å². The van der Waals surface area contributed by atoms with E-state index >= 15 is 0 Å². The third-order valence-electron chi connectivity index (χ3n) is 10.2. The van der Waals surface area contributed by atoms with Crippen molar-refractivity contribution in [1.29, 1.82) is 0 Å². The van der Waals surface area contributed by atoms with Gasteiger partial charge in [-0.25, -0.2) is 4.57 Å². The van der Waals surface area contributed by atoms with Crippen molar-refractivity contribution in [2.45, 2.75) is 225 Å². The van der Waals surface area contributed by atoms with Crippen LogP contribution in [0, 0.1) is 0 Å². The molecule has 318 valence electrons. The lowest BCUT2D eigenvalue weighted by atomic mass is 10.0. The number of nitrogens with zero attached hydrogens (tertiary/aromatic N) is 1.